The van der Waals surface area contributed by atoms with Crippen LogP contribution in [0.1, 0.15) is 17.7 Å². The van der Waals surface area contributed by atoms with Crippen molar-refractivity contribution in [2.45, 2.75) is 35.6 Å². The zero-order valence-electron chi connectivity index (χ0n) is 11.2. The lowest BCUT2D eigenvalue weighted by Crippen LogP contribution is -2.47. The van der Waals surface area contributed by atoms with Crippen molar-refractivity contribution < 1.29 is 13.2 Å². The van der Waals surface area contributed by atoms with Gasteiger partial charge in [-0.2, -0.15) is 0 Å². The zero-order chi connectivity index (χ0) is 13.9. The fourth-order valence-electron chi connectivity index (χ4n) is 2.02. The SMILES string of the molecule is CNCCc1ccc(S(=O)(=O)NC2CC(OC)C2)s1. The molecule has 0 saturated heterocycles. The van der Waals surface area contributed by atoms with Gasteiger partial charge in [0.25, 0.3) is 0 Å². The third-order valence-corrected chi connectivity index (χ3v) is 6.43. The summed E-state index contributed by atoms with van der Waals surface area (Å²) in [7, 11) is 0.176. The first-order valence-corrected chi connectivity index (χ1v) is 8.63. The lowest BCUT2D eigenvalue weighted by atomic mass is 9.90. The summed E-state index contributed by atoms with van der Waals surface area (Å²) in [5.74, 6) is 0. The summed E-state index contributed by atoms with van der Waals surface area (Å²) in [6.45, 7) is 0.853. The Bertz CT molecular complexity index is 507. The van der Waals surface area contributed by atoms with Crippen molar-refractivity contribution in [1.29, 1.82) is 0 Å². The fraction of sp³-hybridized carbons (Fsp3) is 0.667. The molecule has 1 aliphatic rings. The standard InChI is InChI=1S/C12H20N2O3S2/c1-13-6-5-11-3-4-12(18-11)19(15,16)14-9-7-10(8-9)17-2/h3-4,9-10,13-14H,5-8H2,1-2H3. The topological polar surface area (TPSA) is 67.4 Å². The van der Waals surface area contributed by atoms with Crippen LogP contribution in [0.2, 0.25) is 0 Å². The molecule has 19 heavy (non-hydrogen) atoms. The third-order valence-electron chi connectivity index (χ3n) is 3.27. The van der Waals surface area contributed by atoms with Gasteiger partial charge in [0.1, 0.15) is 4.21 Å². The van der Waals surface area contributed by atoms with Crippen LogP contribution in [0.4, 0.5) is 0 Å². The number of nitrogens with one attached hydrogen (secondary N) is 2. The fourth-order valence-corrected chi connectivity index (χ4v) is 4.65. The van der Waals surface area contributed by atoms with Gasteiger partial charge in [0.15, 0.2) is 0 Å². The summed E-state index contributed by atoms with van der Waals surface area (Å²) < 4.78 is 32.6. The van der Waals surface area contributed by atoms with Crippen LogP contribution >= 0.6 is 11.3 Å². The second kappa shape index (κ2) is 6.32. The van der Waals surface area contributed by atoms with Crippen LogP contribution in [0.5, 0.6) is 0 Å². The number of ether oxygens (including phenoxy) is 1. The summed E-state index contributed by atoms with van der Waals surface area (Å²) >= 11 is 1.34. The van der Waals surface area contributed by atoms with Crippen molar-refractivity contribution in [3.63, 3.8) is 0 Å². The van der Waals surface area contributed by atoms with Crippen LogP contribution in [0.15, 0.2) is 16.3 Å². The summed E-state index contributed by atoms with van der Waals surface area (Å²) in [5.41, 5.74) is 0. The molecule has 0 aliphatic heterocycles. The van der Waals surface area contributed by atoms with Crippen molar-refractivity contribution in [2.24, 2.45) is 0 Å². The average molecular weight is 304 g/mol. The largest absolute Gasteiger partial charge is 0.381 e. The number of thiophene rings is 1. The molecule has 2 rings (SSSR count). The molecule has 0 bridgehead atoms. The van der Waals surface area contributed by atoms with Gasteiger partial charge >= 0.3 is 0 Å². The van der Waals surface area contributed by atoms with Crippen LogP contribution < -0.4 is 10.0 Å². The van der Waals surface area contributed by atoms with E-state index in [1.807, 2.05) is 13.1 Å². The minimum atomic E-state index is -3.36. The molecule has 0 atom stereocenters. The highest BCUT2D eigenvalue weighted by Crippen LogP contribution is 2.27. The molecule has 7 heteroatoms. The van der Waals surface area contributed by atoms with E-state index in [0.717, 1.165) is 30.7 Å². The van der Waals surface area contributed by atoms with E-state index in [2.05, 4.69) is 10.0 Å². The van der Waals surface area contributed by atoms with E-state index in [1.54, 1.807) is 13.2 Å². The molecular weight excluding hydrogens is 284 g/mol. The molecule has 1 aromatic heterocycles. The maximum absolute atomic E-state index is 12.2. The highest BCUT2D eigenvalue weighted by atomic mass is 32.2. The van der Waals surface area contributed by atoms with E-state index in [1.165, 1.54) is 11.3 Å². The Hall–Kier alpha value is -0.470. The molecule has 5 nitrogen and oxygen atoms in total. The van der Waals surface area contributed by atoms with Crippen LogP contribution in [0.25, 0.3) is 0 Å². The molecule has 0 aromatic carbocycles. The molecule has 1 aliphatic carbocycles. The van der Waals surface area contributed by atoms with Gasteiger partial charge < -0.3 is 10.1 Å². The van der Waals surface area contributed by atoms with Crippen LogP contribution in [0, 0.1) is 0 Å². The number of likely N-dealkylation sites (N-methyl/N-ethyl adjacent to an activating group) is 1. The number of rotatable bonds is 7. The van der Waals surface area contributed by atoms with Gasteiger partial charge in [-0.3, -0.25) is 0 Å². The van der Waals surface area contributed by atoms with Gasteiger partial charge in [-0.15, -0.1) is 11.3 Å². The Balaban J connectivity index is 1.94. The monoisotopic (exact) mass is 304 g/mol. The third kappa shape index (κ3) is 3.76. The minimum Gasteiger partial charge on any atom is -0.381 e. The van der Waals surface area contributed by atoms with Crippen LogP contribution in [-0.2, 0) is 21.2 Å². The molecule has 1 fully saturated rings. The number of methoxy groups -OCH3 is 1. The molecule has 0 spiro atoms. The lowest BCUT2D eigenvalue weighted by Gasteiger charge is -2.34. The first kappa shape index (κ1) is 14.9. The van der Waals surface area contributed by atoms with Crippen molar-refractivity contribution in [1.82, 2.24) is 10.0 Å². The first-order valence-electron chi connectivity index (χ1n) is 6.33. The average Bonchev–Trinajstić information content (AvgIpc) is 2.80. The molecule has 108 valence electrons. The molecule has 0 unspecified atom stereocenters. The highest BCUT2D eigenvalue weighted by molar-refractivity contribution is 7.91. The number of hydrogen-bond donors (Lipinski definition) is 2. The van der Waals surface area contributed by atoms with Crippen molar-refractivity contribution in [2.75, 3.05) is 20.7 Å². The van der Waals surface area contributed by atoms with E-state index in [0.29, 0.717) is 4.21 Å². The van der Waals surface area contributed by atoms with Crippen molar-refractivity contribution in [3.05, 3.63) is 17.0 Å². The summed E-state index contributed by atoms with van der Waals surface area (Å²) in [4.78, 5) is 1.08. The molecule has 0 radical (unpaired) electrons. The second-order valence-electron chi connectivity index (χ2n) is 4.72. The van der Waals surface area contributed by atoms with E-state index in [9.17, 15) is 8.42 Å². The Morgan fingerprint density at radius 3 is 2.79 bits per heavy atom. The van der Waals surface area contributed by atoms with Gasteiger partial charge in [-0.25, -0.2) is 13.1 Å². The van der Waals surface area contributed by atoms with Gasteiger partial charge in [0.05, 0.1) is 6.10 Å². The van der Waals surface area contributed by atoms with Crippen LogP contribution in [-0.4, -0.2) is 41.3 Å². The molecule has 0 amide bonds. The highest BCUT2D eigenvalue weighted by Gasteiger charge is 2.33. The quantitative estimate of drug-likeness (QED) is 0.787. The molecule has 2 N–H and O–H groups in total. The number of hydrogen-bond acceptors (Lipinski definition) is 5. The van der Waals surface area contributed by atoms with E-state index < -0.39 is 10.0 Å². The zero-order valence-corrected chi connectivity index (χ0v) is 12.8. The van der Waals surface area contributed by atoms with Gasteiger partial charge in [-0.1, -0.05) is 0 Å². The predicted molar refractivity (Wildman–Crippen MR) is 76.1 cm³/mol. The Morgan fingerprint density at radius 1 is 1.42 bits per heavy atom. The van der Waals surface area contributed by atoms with Crippen molar-refractivity contribution >= 4 is 21.4 Å². The van der Waals surface area contributed by atoms with E-state index in [4.69, 9.17) is 4.74 Å². The number of sulfonamides is 1. The molecule has 1 heterocycles. The smallest absolute Gasteiger partial charge is 0.250 e. The Morgan fingerprint density at radius 2 is 2.16 bits per heavy atom. The predicted octanol–water partition coefficient (Wildman–Crippen LogP) is 0.966. The Kier molecular flexibility index (Phi) is 4.97. The maximum Gasteiger partial charge on any atom is 0.250 e. The van der Waals surface area contributed by atoms with E-state index in [-0.39, 0.29) is 12.1 Å². The van der Waals surface area contributed by atoms with Crippen molar-refractivity contribution in [3.8, 4) is 0 Å². The normalized spacial score (nSPS) is 23.3. The van der Waals surface area contributed by atoms with Gasteiger partial charge in [0, 0.05) is 18.0 Å². The van der Waals surface area contributed by atoms with Gasteiger partial charge in [-0.05, 0) is 45.0 Å². The summed E-state index contributed by atoms with van der Waals surface area (Å²) in [6.07, 6.45) is 2.56. The maximum atomic E-state index is 12.2. The molecule has 1 aromatic rings. The molecular formula is C12H20N2O3S2. The molecule has 1 saturated carbocycles. The summed E-state index contributed by atoms with van der Waals surface area (Å²) in [6, 6.07) is 3.58. The second-order valence-corrected chi connectivity index (χ2v) is 7.83. The lowest BCUT2D eigenvalue weighted by molar-refractivity contribution is 0.0236. The Labute approximate surface area is 118 Å². The van der Waals surface area contributed by atoms with Gasteiger partial charge in [0.2, 0.25) is 10.0 Å². The minimum absolute atomic E-state index is 0.0119. The summed E-state index contributed by atoms with van der Waals surface area (Å²) in [5, 5.41) is 3.05. The van der Waals surface area contributed by atoms with E-state index >= 15 is 0 Å². The van der Waals surface area contributed by atoms with Crippen LogP contribution in [0.3, 0.4) is 0 Å². The first-order chi connectivity index (χ1) is 9.05.